The second-order valence-electron chi connectivity index (χ2n) is 5.04. The molecule has 0 aliphatic rings. The Hall–Kier alpha value is -0.361. The van der Waals surface area contributed by atoms with Crippen LogP contribution in [0.4, 0.5) is 5.82 Å². The summed E-state index contributed by atoms with van der Waals surface area (Å²) in [5.41, 5.74) is 0. The number of nitrogens with zero attached hydrogens (tertiary/aromatic N) is 2. The van der Waals surface area contributed by atoms with Gasteiger partial charge in [-0.25, -0.2) is 0 Å². The molecule has 5 heteroatoms. The van der Waals surface area contributed by atoms with Crippen LogP contribution in [0.25, 0.3) is 0 Å². The van der Waals surface area contributed by atoms with Gasteiger partial charge in [-0.05, 0) is 0 Å². The molecule has 1 aromatic heterocycles. The van der Waals surface area contributed by atoms with Gasteiger partial charge in [0.15, 0.2) is 0 Å². The molecule has 16 heavy (non-hydrogen) atoms. The van der Waals surface area contributed by atoms with E-state index in [1.807, 2.05) is 0 Å². The third-order valence-corrected chi connectivity index (χ3v) is 7.41. The Bertz CT molecular complexity index is 338. The van der Waals surface area contributed by atoms with Gasteiger partial charge in [0.1, 0.15) is 0 Å². The maximum absolute atomic E-state index is 5.08. The number of methoxy groups -OCH3 is 1. The molecule has 0 saturated carbocycles. The van der Waals surface area contributed by atoms with Crippen LogP contribution in [0.1, 0.15) is 6.92 Å². The van der Waals surface area contributed by atoms with E-state index in [4.69, 9.17) is 4.74 Å². The molecule has 0 saturated heterocycles. The van der Waals surface area contributed by atoms with Crippen molar-refractivity contribution in [2.45, 2.75) is 27.8 Å². The van der Waals surface area contributed by atoms with Gasteiger partial charge in [-0.15, -0.1) is 0 Å². The van der Waals surface area contributed by atoms with Crippen LogP contribution in [0.15, 0.2) is 12.4 Å². The Morgan fingerprint density at radius 2 is 2.06 bits per heavy atom. The molecule has 0 aromatic carbocycles. The van der Waals surface area contributed by atoms with E-state index in [1.54, 1.807) is 13.4 Å². The first-order valence-corrected chi connectivity index (χ1v) is 15.5. The number of aromatic nitrogens is 2. The van der Waals surface area contributed by atoms with E-state index >= 15 is 0 Å². The molecule has 90 valence electrons. The first-order chi connectivity index (χ1) is 7.43. The molecule has 1 aromatic rings. The van der Waals surface area contributed by atoms with Crippen molar-refractivity contribution in [1.82, 2.24) is 9.97 Å². The van der Waals surface area contributed by atoms with E-state index in [0.717, 1.165) is 5.82 Å². The van der Waals surface area contributed by atoms with Crippen LogP contribution in [-0.4, -0.2) is 48.1 Å². The molecule has 1 N–H and O–H groups in total. The van der Waals surface area contributed by atoms with Crippen molar-refractivity contribution >= 4 is 27.9 Å². The number of nitrogens with one attached hydrogen (secondary N) is 1. The Morgan fingerprint density at radius 3 is 2.62 bits per heavy atom. The van der Waals surface area contributed by atoms with Crippen LogP contribution >= 0.6 is 0 Å². The zero-order valence-corrected chi connectivity index (χ0v) is 13.6. The molecule has 0 spiro atoms. The second kappa shape index (κ2) is 5.82. The summed E-state index contributed by atoms with van der Waals surface area (Å²) in [6.45, 7) is 2.75. The summed E-state index contributed by atoms with van der Waals surface area (Å²) in [6, 6.07) is 2.35. The van der Waals surface area contributed by atoms with Gasteiger partial charge in [0.2, 0.25) is 0 Å². The van der Waals surface area contributed by atoms with Crippen LogP contribution in [-0.2, 0) is 4.74 Å². The summed E-state index contributed by atoms with van der Waals surface area (Å²) in [6.07, 6.45) is 1.65. The van der Waals surface area contributed by atoms with Crippen molar-refractivity contribution in [2.75, 3.05) is 19.0 Å². The zero-order chi connectivity index (χ0) is 12.2. The van der Waals surface area contributed by atoms with Gasteiger partial charge >= 0.3 is 102 Å². The Labute approximate surface area is 102 Å². The number of ether oxygens (including phenoxy) is 1. The van der Waals surface area contributed by atoms with E-state index in [-0.39, 0.29) is 6.04 Å². The first-order valence-electron chi connectivity index (χ1n) is 5.51. The molecule has 0 bridgehead atoms. The molecule has 0 radical (unpaired) electrons. The summed E-state index contributed by atoms with van der Waals surface area (Å²) >= 11 is -2.07. The van der Waals surface area contributed by atoms with Gasteiger partial charge in [0, 0.05) is 0 Å². The van der Waals surface area contributed by atoms with Crippen molar-refractivity contribution in [1.29, 1.82) is 0 Å². The fourth-order valence-electron chi connectivity index (χ4n) is 1.39. The van der Waals surface area contributed by atoms with E-state index in [9.17, 15) is 0 Å². The summed E-state index contributed by atoms with van der Waals surface area (Å²) in [5.74, 6) is 0.904. The molecule has 1 atom stereocenters. The molecule has 1 heterocycles. The molecular formula is C11H21N3OSn. The Balaban J connectivity index is 2.75. The van der Waals surface area contributed by atoms with Crippen molar-refractivity contribution < 1.29 is 4.74 Å². The van der Waals surface area contributed by atoms with Crippen LogP contribution in [0, 0.1) is 0 Å². The fourth-order valence-corrected chi connectivity index (χ4v) is 4.29. The first kappa shape index (κ1) is 13.7. The van der Waals surface area contributed by atoms with Gasteiger partial charge in [-0.3, -0.25) is 0 Å². The van der Waals surface area contributed by atoms with Gasteiger partial charge in [-0.1, -0.05) is 0 Å². The predicted molar refractivity (Wildman–Crippen MR) is 70.0 cm³/mol. The average molecular weight is 330 g/mol. The third-order valence-electron chi connectivity index (χ3n) is 2.25. The molecule has 0 aliphatic heterocycles. The molecule has 4 nitrogen and oxygen atoms in total. The third kappa shape index (κ3) is 4.25. The van der Waals surface area contributed by atoms with E-state index in [2.05, 4.69) is 43.1 Å². The minimum absolute atomic E-state index is 0.267. The zero-order valence-electron chi connectivity index (χ0n) is 10.7. The topological polar surface area (TPSA) is 47.0 Å². The fraction of sp³-hybridized carbons (Fsp3) is 0.636. The predicted octanol–water partition coefficient (Wildman–Crippen LogP) is 1.47. The van der Waals surface area contributed by atoms with E-state index in [0.29, 0.717) is 6.61 Å². The van der Waals surface area contributed by atoms with Crippen molar-refractivity contribution in [3.8, 4) is 0 Å². The minimum atomic E-state index is -2.07. The number of hydrogen-bond donors (Lipinski definition) is 1. The standard InChI is InChI=1S/C8H12N3O.3CH3.Sn/c1-7(5-12-2)11-8-3-4-9-6-10-8;;;;/h3,6-7H,5H2,1-2H3,(H,9,10,11);3*1H3;. The molecular weight excluding hydrogens is 309 g/mol. The van der Waals surface area contributed by atoms with Crippen LogP contribution < -0.4 is 9.03 Å². The van der Waals surface area contributed by atoms with Crippen molar-refractivity contribution in [3.05, 3.63) is 12.4 Å². The van der Waals surface area contributed by atoms with Crippen LogP contribution in [0.5, 0.6) is 0 Å². The number of rotatable bonds is 5. The summed E-state index contributed by atoms with van der Waals surface area (Å²) in [5, 5.41) is 3.31. The molecule has 0 amide bonds. The maximum atomic E-state index is 5.08. The van der Waals surface area contributed by atoms with Crippen molar-refractivity contribution in [3.63, 3.8) is 0 Å². The van der Waals surface area contributed by atoms with Crippen LogP contribution in [0.2, 0.25) is 14.8 Å². The number of hydrogen-bond acceptors (Lipinski definition) is 4. The Morgan fingerprint density at radius 1 is 1.38 bits per heavy atom. The monoisotopic (exact) mass is 331 g/mol. The molecule has 1 unspecified atom stereocenters. The summed E-state index contributed by atoms with van der Waals surface area (Å²) in [7, 11) is 1.70. The molecule has 0 aliphatic carbocycles. The van der Waals surface area contributed by atoms with Gasteiger partial charge < -0.3 is 0 Å². The van der Waals surface area contributed by atoms with Gasteiger partial charge in [0.05, 0.1) is 0 Å². The van der Waals surface area contributed by atoms with Gasteiger partial charge in [0.25, 0.3) is 0 Å². The van der Waals surface area contributed by atoms with Gasteiger partial charge in [-0.2, -0.15) is 0 Å². The SMILES string of the molecule is COCC(C)Nc1c[c]([Sn]([CH3])([CH3])[CH3])ncn1. The number of anilines is 1. The summed E-state index contributed by atoms with van der Waals surface area (Å²) < 4.78 is 6.33. The quantitative estimate of drug-likeness (QED) is 0.831. The Kier molecular flexibility index (Phi) is 4.98. The van der Waals surface area contributed by atoms with E-state index < -0.39 is 18.4 Å². The summed E-state index contributed by atoms with van der Waals surface area (Å²) in [4.78, 5) is 15.6. The van der Waals surface area contributed by atoms with Crippen LogP contribution in [0.3, 0.4) is 0 Å². The molecule has 1 rings (SSSR count). The second-order valence-corrected chi connectivity index (χ2v) is 19.3. The van der Waals surface area contributed by atoms with E-state index in [1.165, 1.54) is 3.71 Å². The normalized spacial score (nSPS) is 13.6. The average Bonchev–Trinajstić information content (AvgIpc) is 2.17. The molecule has 0 fully saturated rings. The van der Waals surface area contributed by atoms with Crippen molar-refractivity contribution in [2.24, 2.45) is 0 Å².